The van der Waals surface area contributed by atoms with Gasteiger partial charge in [-0.05, 0) is 50.5 Å². The van der Waals surface area contributed by atoms with Crippen molar-refractivity contribution in [2.75, 3.05) is 6.54 Å². The van der Waals surface area contributed by atoms with Gasteiger partial charge in [0.05, 0.1) is 11.8 Å². The minimum absolute atomic E-state index is 0.00362. The molecular formula is C22H33NO4. The van der Waals surface area contributed by atoms with E-state index in [1.165, 1.54) is 19.3 Å². The van der Waals surface area contributed by atoms with Gasteiger partial charge in [0.25, 0.3) is 0 Å². The van der Waals surface area contributed by atoms with Crippen molar-refractivity contribution in [2.24, 2.45) is 35.5 Å². The number of ether oxygens (including phenoxy) is 2. The molecule has 0 unspecified atom stereocenters. The van der Waals surface area contributed by atoms with Crippen LogP contribution in [-0.4, -0.2) is 47.7 Å². The molecule has 0 aromatic carbocycles. The first-order valence-electron chi connectivity index (χ1n) is 11.2. The Morgan fingerprint density at radius 2 is 1.85 bits per heavy atom. The zero-order valence-corrected chi connectivity index (χ0v) is 16.8. The van der Waals surface area contributed by atoms with Crippen molar-refractivity contribution in [1.82, 2.24) is 4.90 Å². The largest absolute Gasteiger partial charge is 0.462 e. The van der Waals surface area contributed by atoms with E-state index in [9.17, 15) is 9.59 Å². The number of hydrogen-bond donors (Lipinski definition) is 0. The van der Waals surface area contributed by atoms with Crippen molar-refractivity contribution in [2.45, 2.75) is 83.6 Å². The summed E-state index contributed by atoms with van der Waals surface area (Å²) >= 11 is 0. The third-order valence-corrected chi connectivity index (χ3v) is 8.61. The van der Waals surface area contributed by atoms with Gasteiger partial charge in [-0.1, -0.05) is 27.2 Å². The van der Waals surface area contributed by atoms with Crippen molar-refractivity contribution in [1.29, 1.82) is 0 Å². The van der Waals surface area contributed by atoms with Crippen LogP contribution in [-0.2, 0) is 19.1 Å². The average molecular weight is 376 g/mol. The first kappa shape index (κ1) is 18.0. The SMILES string of the molecule is CC[C@@H]1[C@@H]2CCCCN3[C@H]2[C@@H](C[C@H]3[C@H]2C[C@@H](C)C(=O)O2)[C@H]2[C@@H]1OC(=O)[C@H]2C. The zero-order valence-electron chi connectivity index (χ0n) is 16.8. The summed E-state index contributed by atoms with van der Waals surface area (Å²) in [5.74, 6) is 1.94. The van der Waals surface area contributed by atoms with E-state index in [-0.39, 0.29) is 36.0 Å². The molecule has 0 spiro atoms. The first-order valence-corrected chi connectivity index (χ1v) is 11.2. The summed E-state index contributed by atoms with van der Waals surface area (Å²) in [6, 6.07) is 0.865. The number of esters is 2. The molecule has 4 heterocycles. The molecule has 150 valence electrons. The van der Waals surface area contributed by atoms with Gasteiger partial charge in [0, 0.05) is 23.9 Å². The number of fused-ring (bicyclic) bond motifs is 2. The fourth-order valence-corrected chi connectivity index (χ4v) is 7.48. The maximum absolute atomic E-state index is 12.5. The summed E-state index contributed by atoms with van der Waals surface area (Å²) in [6.45, 7) is 7.44. The van der Waals surface area contributed by atoms with E-state index < -0.39 is 0 Å². The third kappa shape index (κ3) is 2.53. The van der Waals surface area contributed by atoms with E-state index in [4.69, 9.17) is 9.47 Å². The van der Waals surface area contributed by atoms with Crippen LogP contribution in [0.25, 0.3) is 0 Å². The summed E-state index contributed by atoms with van der Waals surface area (Å²) < 4.78 is 11.8. The molecule has 0 aromatic rings. The van der Waals surface area contributed by atoms with Crippen molar-refractivity contribution in [3.8, 4) is 0 Å². The van der Waals surface area contributed by atoms with Crippen molar-refractivity contribution >= 4 is 11.9 Å². The molecular weight excluding hydrogens is 342 g/mol. The predicted octanol–water partition coefficient (Wildman–Crippen LogP) is 3.01. The lowest BCUT2D eigenvalue weighted by Crippen LogP contribution is -2.54. The van der Waals surface area contributed by atoms with Gasteiger partial charge in [-0.15, -0.1) is 0 Å². The van der Waals surface area contributed by atoms with Gasteiger partial charge in [0.1, 0.15) is 12.2 Å². The quantitative estimate of drug-likeness (QED) is 0.695. The lowest BCUT2D eigenvalue weighted by Gasteiger charge is -2.48. The molecule has 5 nitrogen and oxygen atoms in total. The second-order valence-electron chi connectivity index (χ2n) is 9.81. The molecule has 0 aromatic heterocycles. The van der Waals surface area contributed by atoms with Gasteiger partial charge in [-0.25, -0.2) is 0 Å². The Morgan fingerprint density at radius 3 is 2.56 bits per heavy atom. The second-order valence-corrected chi connectivity index (χ2v) is 9.81. The molecule has 5 rings (SSSR count). The van der Waals surface area contributed by atoms with Gasteiger partial charge >= 0.3 is 11.9 Å². The third-order valence-electron chi connectivity index (χ3n) is 8.61. The highest BCUT2D eigenvalue weighted by Crippen LogP contribution is 2.57. The second kappa shape index (κ2) is 6.47. The van der Waals surface area contributed by atoms with Crippen molar-refractivity contribution < 1.29 is 19.1 Å². The maximum Gasteiger partial charge on any atom is 0.309 e. The van der Waals surface area contributed by atoms with Crippen LogP contribution in [0.2, 0.25) is 0 Å². The Kier molecular flexibility index (Phi) is 4.30. The van der Waals surface area contributed by atoms with Crippen LogP contribution in [0.5, 0.6) is 0 Å². The van der Waals surface area contributed by atoms with E-state index in [1.807, 2.05) is 6.92 Å². The number of nitrogens with zero attached hydrogens (tertiary/aromatic N) is 1. The molecule has 0 amide bonds. The summed E-state index contributed by atoms with van der Waals surface area (Å²) in [5.41, 5.74) is 0. The Labute approximate surface area is 162 Å². The maximum atomic E-state index is 12.5. The fourth-order valence-electron chi connectivity index (χ4n) is 7.48. The Bertz CT molecular complexity index is 636. The Balaban J connectivity index is 1.51. The van der Waals surface area contributed by atoms with Gasteiger partial charge < -0.3 is 9.47 Å². The van der Waals surface area contributed by atoms with Crippen molar-refractivity contribution in [3.63, 3.8) is 0 Å². The number of carbonyl (C=O) groups is 2. The van der Waals surface area contributed by atoms with Gasteiger partial charge in [0.15, 0.2) is 0 Å². The number of carbonyl (C=O) groups excluding carboxylic acids is 2. The minimum atomic E-state index is -0.0294. The highest BCUT2D eigenvalue weighted by atomic mass is 16.6. The van der Waals surface area contributed by atoms with Gasteiger partial charge in [-0.3, -0.25) is 14.5 Å². The summed E-state index contributed by atoms with van der Waals surface area (Å²) in [7, 11) is 0. The van der Waals surface area contributed by atoms with Crippen LogP contribution in [0.4, 0.5) is 0 Å². The molecule has 0 N–H and O–H groups in total. The minimum Gasteiger partial charge on any atom is -0.462 e. The van der Waals surface area contributed by atoms with E-state index in [2.05, 4.69) is 18.7 Å². The van der Waals surface area contributed by atoms with Crippen LogP contribution < -0.4 is 0 Å². The molecule has 5 aliphatic rings. The molecule has 4 saturated heterocycles. The van der Waals surface area contributed by atoms with E-state index in [0.29, 0.717) is 35.8 Å². The number of rotatable bonds is 2. The monoisotopic (exact) mass is 375 g/mol. The Morgan fingerprint density at radius 1 is 1.04 bits per heavy atom. The molecule has 5 fully saturated rings. The first-order chi connectivity index (χ1) is 13.0. The molecule has 1 saturated carbocycles. The average Bonchev–Trinajstić information content (AvgIpc) is 3.20. The van der Waals surface area contributed by atoms with Crippen LogP contribution >= 0.6 is 0 Å². The summed E-state index contributed by atoms with van der Waals surface area (Å²) in [5, 5.41) is 0. The summed E-state index contributed by atoms with van der Waals surface area (Å²) in [6.07, 6.45) is 6.87. The lowest BCUT2D eigenvalue weighted by molar-refractivity contribution is -0.148. The highest BCUT2D eigenvalue weighted by molar-refractivity contribution is 5.75. The fraction of sp³-hybridized carbons (Fsp3) is 0.909. The molecule has 5 heteroatoms. The van der Waals surface area contributed by atoms with Crippen LogP contribution in [0.15, 0.2) is 0 Å². The van der Waals surface area contributed by atoms with Crippen molar-refractivity contribution in [3.05, 3.63) is 0 Å². The Hall–Kier alpha value is -1.10. The predicted molar refractivity (Wildman–Crippen MR) is 99.7 cm³/mol. The zero-order chi connectivity index (χ0) is 18.9. The number of cyclic esters (lactones) is 1. The smallest absolute Gasteiger partial charge is 0.309 e. The van der Waals surface area contributed by atoms with Gasteiger partial charge in [-0.2, -0.15) is 0 Å². The van der Waals surface area contributed by atoms with Gasteiger partial charge in [0.2, 0.25) is 0 Å². The molecule has 4 aliphatic heterocycles. The molecule has 1 aliphatic carbocycles. The topological polar surface area (TPSA) is 55.8 Å². The van der Waals surface area contributed by atoms with E-state index >= 15 is 0 Å². The molecule has 0 radical (unpaired) electrons. The van der Waals surface area contributed by atoms with E-state index in [1.54, 1.807) is 0 Å². The standard InChI is InChI=1S/C22H33NO4/c1-4-13-14-7-5-6-8-23-16(17-9-11(2)21(24)26-17)10-15(19(14)23)18-12(3)22(25)27-20(13)18/h11-20H,4-10H2,1-3H3/t11-,12+,13-,14+,15+,16+,17-,18+,19-,20-/m1/s1. The highest BCUT2D eigenvalue weighted by Gasteiger charge is 2.63. The lowest BCUT2D eigenvalue weighted by atomic mass is 9.60. The molecule has 27 heavy (non-hydrogen) atoms. The summed E-state index contributed by atoms with van der Waals surface area (Å²) in [4.78, 5) is 27.3. The normalized spacial score (nSPS) is 52.1. The van der Waals surface area contributed by atoms with Crippen LogP contribution in [0.1, 0.15) is 59.3 Å². The van der Waals surface area contributed by atoms with Crippen LogP contribution in [0.3, 0.4) is 0 Å². The molecule has 10 atom stereocenters. The molecule has 0 bridgehead atoms. The number of hydrogen-bond acceptors (Lipinski definition) is 5. The van der Waals surface area contributed by atoms with E-state index in [0.717, 1.165) is 25.8 Å². The van der Waals surface area contributed by atoms with Crippen LogP contribution in [0, 0.1) is 35.5 Å².